The first-order chi connectivity index (χ1) is 13.8. The van der Waals surface area contributed by atoms with Gasteiger partial charge in [-0.3, -0.25) is 5.01 Å². The highest BCUT2D eigenvalue weighted by Crippen LogP contribution is 2.37. The van der Waals surface area contributed by atoms with Crippen molar-refractivity contribution in [2.24, 2.45) is 5.10 Å². The van der Waals surface area contributed by atoms with Gasteiger partial charge in [-0.05, 0) is 52.2 Å². The van der Waals surface area contributed by atoms with Gasteiger partial charge in [0.2, 0.25) is 0 Å². The van der Waals surface area contributed by atoms with Crippen LogP contribution in [-0.4, -0.2) is 5.71 Å². The van der Waals surface area contributed by atoms with Gasteiger partial charge in [0.05, 0.1) is 17.4 Å². The zero-order valence-corrected chi connectivity index (χ0v) is 16.1. The van der Waals surface area contributed by atoms with Crippen molar-refractivity contribution in [3.63, 3.8) is 0 Å². The Bertz CT molecular complexity index is 1150. The standard InChI is InChI=1S/C25H19ClN2/c26-22-14-12-19(13-15-22)24-17-25(28(27-24)23-8-2-1-3-9-23)21-11-10-18-6-4-5-7-20(18)16-21/h1-16,25H,17H2. The molecule has 136 valence electrons. The normalized spacial score (nSPS) is 16.4. The Kier molecular flexibility index (Phi) is 4.34. The minimum atomic E-state index is 0.165. The molecule has 1 atom stereocenters. The molecule has 28 heavy (non-hydrogen) atoms. The lowest BCUT2D eigenvalue weighted by atomic mass is 9.96. The fourth-order valence-electron chi connectivity index (χ4n) is 3.82. The molecule has 1 unspecified atom stereocenters. The molecule has 2 nitrogen and oxygen atoms in total. The molecule has 0 bridgehead atoms. The Balaban J connectivity index is 1.58. The SMILES string of the molecule is Clc1ccc(C2=NN(c3ccccc3)C(c3ccc4ccccc4c3)C2)cc1. The zero-order valence-electron chi connectivity index (χ0n) is 15.3. The second-order valence-electron chi connectivity index (χ2n) is 7.06. The first kappa shape index (κ1) is 17.0. The smallest absolute Gasteiger partial charge is 0.0832 e. The van der Waals surface area contributed by atoms with Gasteiger partial charge in [0.1, 0.15) is 0 Å². The Morgan fingerprint density at radius 1 is 0.750 bits per heavy atom. The van der Waals surface area contributed by atoms with Crippen molar-refractivity contribution >= 4 is 33.8 Å². The summed E-state index contributed by atoms with van der Waals surface area (Å²) in [6, 6.07) is 33.7. The van der Waals surface area contributed by atoms with Gasteiger partial charge in [0.25, 0.3) is 0 Å². The van der Waals surface area contributed by atoms with Gasteiger partial charge < -0.3 is 0 Å². The summed E-state index contributed by atoms with van der Waals surface area (Å²) < 4.78 is 0. The Labute approximate surface area is 169 Å². The molecule has 0 spiro atoms. The van der Waals surface area contributed by atoms with Gasteiger partial charge in [-0.1, -0.05) is 78.3 Å². The van der Waals surface area contributed by atoms with Crippen LogP contribution in [0.4, 0.5) is 5.69 Å². The van der Waals surface area contributed by atoms with Crippen LogP contribution >= 0.6 is 11.6 Å². The second-order valence-corrected chi connectivity index (χ2v) is 7.50. The highest BCUT2D eigenvalue weighted by molar-refractivity contribution is 6.30. The maximum Gasteiger partial charge on any atom is 0.0832 e. The van der Waals surface area contributed by atoms with Crippen LogP contribution in [0.15, 0.2) is 102 Å². The summed E-state index contributed by atoms with van der Waals surface area (Å²) in [7, 11) is 0. The van der Waals surface area contributed by atoms with Crippen LogP contribution in [-0.2, 0) is 0 Å². The number of hydrogen-bond donors (Lipinski definition) is 0. The van der Waals surface area contributed by atoms with Crippen molar-refractivity contribution in [2.75, 3.05) is 5.01 Å². The van der Waals surface area contributed by atoms with Gasteiger partial charge in [-0.15, -0.1) is 0 Å². The molecule has 0 aromatic heterocycles. The lowest BCUT2D eigenvalue weighted by Gasteiger charge is -2.24. The van der Waals surface area contributed by atoms with Crippen LogP contribution < -0.4 is 5.01 Å². The first-order valence-electron chi connectivity index (χ1n) is 9.44. The minimum Gasteiger partial charge on any atom is -0.257 e. The first-order valence-corrected chi connectivity index (χ1v) is 9.82. The highest BCUT2D eigenvalue weighted by atomic mass is 35.5. The number of benzene rings is 4. The number of halogens is 1. The van der Waals surface area contributed by atoms with E-state index in [9.17, 15) is 0 Å². The van der Waals surface area contributed by atoms with Gasteiger partial charge in [0, 0.05) is 11.4 Å². The summed E-state index contributed by atoms with van der Waals surface area (Å²) in [4.78, 5) is 0. The van der Waals surface area contributed by atoms with Crippen molar-refractivity contribution < 1.29 is 0 Å². The average Bonchev–Trinajstić information content (AvgIpc) is 3.20. The third-order valence-corrected chi connectivity index (χ3v) is 5.52. The summed E-state index contributed by atoms with van der Waals surface area (Å²) >= 11 is 6.07. The van der Waals surface area contributed by atoms with E-state index in [1.165, 1.54) is 16.3 Å². The van der Waals surface area contributed by atoms with Crippen LogP contribution in [0, 0.1) is 0 Å². The summed E-state index contributed by atoms with van der Waals surface area (Å²) in [5, 5.41) is 10.4. The summed E-state index contributed by atoms with van der Waals surface area (Å²) in [6.45, 7) is 0. The molecule has 5 rings (SSSR count). The quantitative estimate of drug-likeness (QED) is 0.378. The number of hydrazone groups is 1. The molecule has 0 saturated carbocycles. The summed E-state index contributed by atoms with van der Waals surface area (Å²) in [6.07, 6.45) is 0.856. The number of rotatable bonds is 3. The minimum absolute atomic E-state index is 0.165. The van der Waals surface area contributed by atoms with Crippen LogP contribution in [0.25, 0.3) is 10.8 Å². The average molecular weight is 383 g/mol. The van der Waals surface area contributed by atoms with Gasteiger partial charge in [0.15, 0.2) is 0 Å². The Morgan fingerprint density at radius 2 is 1.46 bits per heavy atom. The van der Waals surface area contributed by atoms with E-state index in [-0.39, 0.29) is 6.04 Å². The number of nitrogens with zero attached hydrogens (tertiary/aromatic N) is 2. The fourth-order valence-corrected chi connectivity index (χ4v) is 3.95. The molecule has 1 heterocycles. The van der Waals surface area contributed by atoms with E-state index in [2.05, 4.69) is 71.7 Å². The third kappa shape index (κ3) is 3.17. The van der Waals surface area contributed by atoms with E-state index in [1.54, 1.807) is 0 Å². The fraction of sp³-hybridized carbons (Fsp3) is 0.0800. The number of fused-ring (bicyclic) bond motifs is 1. The monoisotopic (exact) mass is 382 g/mol. The lowest BCUT2D eigenvalue weighted by molar-refractivity contribution is 0.710. The van der Waals surface area contributed by atoms with Crippen molar-refractivity contribution in [1.82, 2.24) is 0 Å². The van der Waals surface area contributed by atoms with E-state index in [0.29, 0.717) is 0 Å². The predicted molar refractivity (Wildman–Crippen MR) is 118 cm³/mol. The topological polar surface area (TPSA) is 15.6 Å². The molecule has 0 radical (unpaired) electrons. The van der Waals surface area contributed by atoms with E-state index in [1.807, 2.05) is 30.3 Å². The van der Waals surface area contributed by atoms with Gasteiger partial charge in [-0.25, -0.2) is 0 Å². The molecule has 4 aromatic carbocycles. The molecule has 0 amide bonds. The van der Waals surface area contributed by atoms with Crippen LogP contribution in [0.1, 0.15) is 23.6 Å². The predicted octanol–water partition coefficient (Wildman–Crippen LogP) is 6.85. The molecule has 3 heteroatoms. The molecule has 1 aliphatic rings. The molecular weight excluding hydrogens is 364 g/mol. The van der Waals surface area contributed by atoms with E-state index in [4.69, 9.17) is 16.7 Å². The summed E-state index contributed by atoms with van der Waals surface area (Å²) in [5.74, 6) is 0. The molecule has 0 saturated heterocycles. The summed E-state index contributed by atoms with van der Waals surface area (Å²) in [5.41, 5.74) is 4.58. The number of para-hydroxylation sites is 1. The van der Waals surface area contributed by atoms with Crippen LogP contribution in [0.5, 0.6) is 0 Å². The second kappa shape index (κ2) is 7.14. The van der Waals surface area contributed by atoms with Crippen molar-refractivity contribution in [1.29, 1.82) is 0 Å². The lowest BCUT2D eigenvalue weighted by Crippen LogP contribution is -2.18. The number of hydrogen-bond acceptors (Lipinski definition) is 2. The van der Waals surface area contributed by atoms with Crippen LogP contribution in [0.2, 0.25) is 5.02 Å². The third-order valence-electron chi connectivity index (χ3n) is 5.27. The maximum atomic E-state index is 6.07. The van der Waals surface area contributed by atoms with E-state index >= 15 is 0 Å². The van der Waals surface area contributed by atoms with Crippen LogP contribution in [0.3, 0.4) is 0 Å². The largest absolute Gasteiger partial charge is 0.257 e. The Hall–Kier alpha value is -3.10. The molecule has 1 aliphatic heterocycles. The molecule has 0 fully saturated rings. The maximum absolute atomic E-state index is 6.07. The molecule has 0 N–H and O–H groups in total. The number of anilines is 1. The van der Waals surface area contributed by atoms with Gasteiger partial charge >= 0.3 is 0 Å². The zero-order chi connectivity index (χ0) is 18.9. The highest BCUT2D eigenvalue weighted by Gasteiger charge is 2.29. The van der Waals surface area contributed by atoms with Crippen molar-refractivity contribution in [3.05, 3.63) is 113 Å². The van der Waals surface area contributed by atoms with E-state index in [0.717, 1.165) is 28.4 Å². The van der Waals surface area contributed by atoms with Crippen molar-refractivity contribution in [3.8, 4) is 0 Å². The van der Waals surface area contributed by atoms with Gasteiger partial charge in [-0.2, -0.15) is 5.10 Å². The molecule has 4 aromatic rings. The molecule has 0 aliphatic carbocycles. The van der Waals surface area contributed by atoms with Crippen molar-refractivity contribution in [2.45, 2.75) is 12.5 Å². The van der Waals surface area contributed by atoms with E-state index < -0.39 is 0 Å². The Morgan fingerprint density at radius 3 is 2.25 bits per heavy atom. The molecular formula is C25H19ClN2.